The van der Waals surface area contributed by atoms with Crippen LogP contribution in [0, 0.1) is 11.3 Å². The minimum Gasteiger partial charge on any atom is -0.497 e. The van der Waals surface area contributed by atoms with Crippen molar-refractivity contribution in [1.82, 2.24) is 10.2 Å². The fraction of sp³-hybridized carbons (Fsp3) is 0.217. The maximum Gasteiger partial charge on any atom is 0.244 e. The summed E-state index contributed by atoms with van der Waals surface area (Å²) in [5, 5.41) is 17.3. The summed E-state index contributed by atoms with van der Waals surface area (Å²) in [6.07, 6.45) is 0. The molecule has 9 heteroatoms. The number of H-pyrrole nitrogens is 1. The topological polar surface area (TPSA) is 125 Å². The lowest BCUT2D eigenvalue weighted by molar-refractivity contribution is 0.373. The van der Waals surface area contributed by atoms with Gasteiger partial charge in [-0.15, -0.1) is 5.10 Å². The molecular weight excluding hydrogens is 412 g/mol. The van der Waals surface area contributed by atoms with E-state index in [1.165, 1.54) is 0 Å². The molecule has 3 aromatic rings. The predicted molar refractivity (Wildman–Crippen MR) is 116 cm³/mol. The number of hydrogen-bond donors (Lipinski definition) is 2. The Morgan fingerprint density at radius 3 is 2.31 bits per heavy atom. The molecule has 4 rings (SSSR count). The van der Waals surface area contributed by atoms with Crippen LogP contribution in [0.3, 0.4) is 0 Å². The van der Waals surface area contributed by atoms with Gasteiger partial charge in [0.15, 0.2) is 0 Å². The summed E-state index contributed by atoms with van der Waals surface area (Å²) in [6, 6.07) is 13.0. The number of allylic oxidation sites excluding steroid dienone is 1. The first-order valence-corrected chi connectivity index (χ1v) is 9.66. The van der Waals surface area contributed by atoms with Crippen molar-refractivity contribution in [2.24, 2.45) is 5.73 Å². The molecule has 0 spiro atoms. The summed E-state index contributed by atoms with van der Waals surface area (Å²) in [7, 11) is 6.29. The van der Waals surface area contributed by atoms with E-state index in [4.69, 9.17) is 29.4 Å². The van der Waals surface area contributed by atoms with Gasteiger partial charge in [0.2, 0.25) is 11.8 Å². The highest BCUT2D eigenvalue weighted by atomic mass is 16.5. The fourth-order valence-electron chi connectivity index (χ4n) is 3.83. The number of aromatic amines is 1. The van der Waals surface area contributed by atoms with Crippen molar-refractivity contribution in [2.75, 3.05) is 28.4 Å². The van der Waals surface area contributed by atoms with Crippen LogP contribution >= 0.6 is 0 Å². The molecule has 32 heavy (non-hydrogen) atoms. The largest absolute Gasteiger partial charge is 0.497 e. The zero-order chi connectivity index (χ0) is 22.8. The smallest absolute Gasteiger partial charge is 0.244 e. The molecule has 1 aromatic heterocycles. The zero-order valence-corrected chi connectivity index (χ0v) is 18.1. The quantitative estimate of drug-likeness (QED) is 0.605. The number of methoxy groups -OCH3 is 4. The molecule has 0 amide bonds. The van der Waals surface area contributed by atoms with E-state index in [2.05, 4.69) is 16.3 Å². The van der Waals surface area contributed by atoms with Gasteiger partial charge in [-0.1, -0.05) is 6.07 Å². The molecule has 164 valence electrons. The van der Waals surface area contributed by atoms with Crippen molar-refractivity contribution in [3.63, 3.8) is 0 Å². The molecule has 3 N–H and O–H groups in total. The highest BCUT2D eigenvalue weighted by Gasteiger charge is 2.37. The second-order valence-electron chi connectivity index (χ2n) is 6.92. The van der Waals surface area contributed by atoms with Gasteiger partial charge in [-0.25, -0.2) is 0 Å². The van der Waals surface area contributed by atoms with Gasteiger partial charge < -0.3 is 29.4 Å². The van der Waals surface area contributed by atoms with Crippen LogP contribution in [0.4, 0.5) is 0 Å². The second kappa shape index (κ2) is 8.43. The van der Waals surface area contributed by atoms with Crippen LogP contribution in [0.15, 0.2) is 47.9 Å². The fourth-order valence-corrected chi connectivity index (χ4v) is 3.83. The van der Waals surface area contributed by atoms with Gasteiger partial charge in [-0.2, -0.15) is 5.26 Å². The molecule has 0 bridgehead atoms. The highest BCUT2D eigenvalue weighted by molar-refractivity contribution is 5.76. The first-order chi connectivity index (χ1) is 15.6. The molecule has 0 unspecified atom stereocenters. The Morgan fingerprint density at radius 2 is 1.66 bits per heavy atom. The number of benzene rings is 2. The van der Waals surface area contributed by atoms with Crippen LogP contribution in [0.5, 0.6) is 28.9 Å². The van der Waals surface area contributed by atoms with E-state index in [0.29, 0.717) is 45.4 Å². The number of nitrogens with two attached hydrogens (primary N) is 1. The van der Waals surface area contributed by atoms with Crippen LogP contribution in [0.1, 0.15) is 17.0 Å². The number of rotatable bonds is 6. The van der Waals surface area contributed by atoms with Crippen molar-refractivity contribution in [3.8, 4) is 46.2 Å². The molecule has 0 aliphatic carbocycles. The Morgan fingerprint density at radius 1 is 0.969 bits per heavy atom. The SMILES string of the molecule is COc1ccc([C@@H]2C(C#N)=C(N)Oc3n[nH]c(-c4cc(OC)ccc4OC)c32)c(OC)c1. The standard InChI is InChI=1S/C23H22N4O5/c1-28-12-6-8-17(30-3)15(9-12)21-20-19(14-7-5-13(29-2)10-18(14)31-4)16(11-24)22(25)32-23(20)27-26-21/h5-10,19H,25H2,1-4H3,(H,26,27)/t19-/m1/s1. The van der Waals surface area contributed by atoms with E-state index in [1.807, 2.05) is 12.1 Å². The van der Waals surface area contributed by atoms with Crippen LogP contribution in [-0.2, 0) is 0 Å². The number of nitrogens with zero attached hydrogens (tertiary/aromatic N) is 2. The number of ether oxygens (including phenoxy) is 5. The lowest BCUT2D eigenvalue weighted by Gasteiger charge is -2.26. The maximum absolute atomic E-state index is 9.96. The van der Waals surface area contributed by atoms with Gasteiger partial charge in [0.25, 0.3) is 0 Å². The Kier molecular flexibility index (Phi) is 5.52. The third-order valence-electron chi connectivity index (χ3n) is 5.37. The summed E-state index contributed by atoms with van der Waals surface area (Å²) >= 11 is 0. The Labute approximate surface area is 184 Å². The lowest BCUT2D eigenvalue weighted by Crippen LogP contribution is -2.21. The van der Waals surface area contributed by atoms with Gasteiger partial charge in [0.1, 0.15) is 34.6 Å². The van der Waals surface area contributed by atoms with Crippen molar-refractivity contribution in [3.05, 3.63) is 59.0 Å². The molecule has 1 aliphatic heterocycles. The molecule has 1 aliphatic rings. The molecule has 2 heterocycles. The van der Waals surface area contributed by atoms with E-state index < -0.39 is 5.92 Å². The third kappa shape index (κ3) is 3.32. The Bertz CT molecular complexity index is 1240. The Hall–Kier alpha value is -4.32. The van der Waals surface area contributed by atoms with Crippen molar-refractivity contribution >= 4 is 0 Å². The summed E-state index contributed by atoms with van der Waals surface area (Å²) in [6.45, 7) is 0. The molecule has 0 fully saturated rings. The number of hydrogen-bond acceptors (Lipinski definition) is 8. The monoisotopic (exact) mass is 434 g/mol. The van der Waals surface area contributed by atoms with Crippen molar-refractivity contribution < 1.29 is 23.7 Å². The second-order valence-corrected chi connectivity index (χ2v) is 6.92. The summed E-state index contributed by atoms with van der Waals surface area (Å²) in [5.74, 6) is 2.04. The van der Waals surface area contributed by atoms with E-state index >= 15 is 0 Å². The van der Waals surface area contributed by atoms with E-state index in [1.54, 1.807) is 52.7 Å². The van der Waals surface area contributed by atoms with Crippen LogP contribution in [0.25, 0.3) is 11.3 Å². The Balaban J connectivity index is 2.00. The summed E-state index contributed by atoms with van der Waals surface area (Å²) in [4.78, 5) is 0. The number of aromatic nitrogens is 2. The van der Waals surface area contributed by atoms with Gasteiger partial charge >= 0.3 is 0 Å². The molecule has 2 aromatic carbocycles. The van der Waals surface area contributed by atoms with Gasteiger partial charge in [0.05, 0.1) is 45.6 Å². The van der Waals surface area contributed by atoms with Crippen LogP contribution < -0.4 is 29.4 Å². The molecule has 1 atom stereocenters. The molecule has 0 saturated carbocycles. The van der Waals surface area contributed by atoms with Gasteiger partial charge in [0, 0.05) is 17.2 Å². The highest BCUT2D eigenvalue weighted by Crippen LogP contribution is 2.49. The molecule has 9 nitrogen and oxygen atoms in total. The minimum absolute atomic E-state index is 0.0153. The van der Waals surface area contributed by atoms with Gasteiger partial charge in [-0.3, -0.25) is 5.10 Å². The lowest BCUT2D eigenvalue weighted by atomic mass is 9.82. The number of fused-ring (bicyclic) bond motifs is 1. The normalized spacial score (nSPS) is 14.8. The minimum atomic E-state index is -0.603. The van der Waals surface area contributed by atoms with Gasteiger partial charge in [-0.05, 0) is 24.3 Å². The first kappa shape index (κ1) is 20.9. The van der Waals surface area contributed by atoms with Crippen molar-refractivity contribution in [2.45, 2.75) is 5.92 Å². The van der Waals surface area contributed by atoms with Crippen LogP contribution in [0.2, 0.25) is 0 Å². The summed E-state index contributed by atoms with van der Waals surface area (Å²) < 4.78 is 27.6. The molecule has 0 radical (unpaired) electrons. The number of nitrogens with one attached hydrogen (secondary N) is 1. The average Bonchev–Trinajstić information content (AvgIpc) is 3.25. The number of nitriles is 1. The summed E-state index contributed by atoms with van der Waals surface area (Å²) in [5.41, 5.74) is 8.99. The van der Waals surface area contributed by atoms with E-state index in [-0.39, 0.29) is 17.3 Å². The van der Waals surface area contributed by atoms with E-state index in [9.17, 15) is 5.26 Å². The van der Waals surface area contributed by atoms with E-state index in [0.717, 1.165) is 0 Å². The van der Waals surface area contributed by atoms with Crippen LogP contribution in [-0.4, -0.2) is 38.6 Å². The molecular formula is C23H22N4O5. The zero-order valence-electron chi connectivity index (χ0n) is 18.1. The average molecular weight is 434 g/mol. The molecule has 0 saturated heterocycles. The van der Waals surface area contributed by atoms with Crippen molar-refractivity contribution in [1.29, 1.82) is 5.26 Å². The first-order valence-electron chi connectivity index (χ1n) is 9.66. The maximum atomic E-state index is 9.96. The predicted octanol–water partition coefficient (Wildman–Crippen LogP) is 3.33. The third-order valence-corrected chi connectivity index (χ3v) is 5.37.